The molecule has 3 saturated heterocycles. The predicted octanol–water partition coefficient (Wildman–Crippen LogP) is 4.51. The molecule has 0 spiro atoms. The molecular weight excluding hydrogens is 622 g/mol. The van der Waals surface area contributed by atoms with Crippen molar-refractivity contribution in [2.75, 3.05) is 70.5 Å². The SMILES string of the molecule is Cc1cc(C[C@@H](CC(=O)N2CCC(N3Cc4cscc4NC3=O)CC2)C(=O)N2CCC(N3CCCN(C)CC3)CC2)cc(Cl)c1N. The van der Waals surface area contributed by atoms with E-state index >= 15 is 0 Å². The van der Waals surface area contributed by atoms with Gasteiger partial charge < -0.3 is 30.7 Å². The van der Waals surface area contributed by atoms with Crippen LogP contribution >= 0.6 is 22.9 Å². The maximum atomic E-state index is 14.1. The van der Waals surface area contributed by atoms with Crippen LogP contribution in [0.25, 0.3) is 0 Å². The van der Waals surface area contributed by atoms with Crippen LogP contribution in [0.5, 0.6) is 0 Å². The molecule has 1 aromatic heterocycles. The van der Waals surface area contributed by atoms with Crippen molar-refractivity contribution in [2.24, 2.45) is 5.92 Å². The zero-order chi connectivity index (χ0) is 32.4. The Morgan fingerprint density at radius 2 is 1.70 bits per heavy atom. The van der Waals surface area contributed by atoms with E-state index in [0.29, 0.717) is 42.8 Å². The fraction of sp³-hybridized carbons (Fsp3) is 0.618. The number of nitrogens with two attached hydrogens (primary N) is 1. The molecule has 5 heterocycles. The molecule has 1 aromatic carbocycles. The second-order valence-corrected chi connectivity index (χ2v) is 14.8. The lowest BCUT2D eigenvalue weighted by Gasteiger charge is -2.41. The van der Waals surface area contributed by atoms with Crippen LogP contribution in [0.3, 0.4) is 0 Å². The Hall–Kier alpha value is -2.86. The van der Waals surface area contributed by atoms with Crippen LogP contribution in [-0.2, 0) is 22.6 Å². The molecule has 2 aromatic rings. The summed E-state index contributed by atoms with van der Waals surface area (Å²) in [7, 11) is 2.19. The van der Waals surface area contributed by atoms with Crippen molar-refractivity contribution in [1.82, 2.24) is 24.5 Å². The topological polar surface area (TPSA) is 105 Å². The Bertz CT molecular complexity index is 1400. The number of fused-ring (bicyclic) bond motifs is 1. The van der Waals surface area contributed by atoms with Crippen molar-refractivity contribution >= 4 is 52.2 Å². The number of thiophene rings is 1. The van der Waals surface area contributed by atoms with Gasteiger partial charge in [-0.3, -0.25) is 14.5 Å². The van der Waals surface area contributed by atoms with E-state index in [1.54, 1.807) is 11.3 Å². The monoisotopic (exact) mass is 669 g/mol. The first-order valence-electron chi connectivity index (χ1n) is 16.8. The van der Waals surface area contributed by atoms with Crippen molar-refractivity contribution in [3.05, 3.63) is 44.6 Å². The second kappa shape index (κ2) is 14.5. The van der Waals surface area contributed by atoms with E-state index in [0.717, 1.165) is 87.3 Å². The highest BCUT2D eigenvalue weighted by Gasteiger charge is 2.36. The molecule has 0 aliphatic carbocycles. The number of hydrogen-bond acceptors (Lipinski definition) is 7. The van der Waals surface area contributed by atoms with E-state index in [4.69, 9.17) is 17.3 Å². The van der Waals surface area contributed by atoms with Gasteiger partial charge in [-0.2, -0.15) is 0 Å². The molecule has 0 unspecified atom stereocenters. The van der Waals surface area contributed by atoms with Gasteiger partial charge in [0, 0.05) is 68.7 Å². The molecule has 3 N–H and O–H groups in total. The van der Waals surface area contributed by atoms with Gasteiger partial charge in [0.25, 0.3) is 0 Å². The first-order chi connectivity index (χ1) is 22.2. The number of carbonyl (C=O) groups excluding carboxylic acids is 3. The first kappa shape index (κ1) is 33.1. The molecule has 6 rings (SSSR count). The number of halogens is 1. The number of nitrogens with zero attached hydrogens (tertiary/aromatic N) is 5. The molecule has 4 amide bonds. The number of amides is 4. The minimum Gasteiger partial charge on any atom is -0.397 e. The summed E-state index contributed by atoms with van der Waals surface area (Å²) in [4.78, 5) is 51.5. The van der Waals surface area contributed by atoms with Gasteiger partial charge in [-0.1, -0.05) is 17.7 Å². The molecule has 4 aliphatic heterocycles. The predicted molar refractivity (Wildman–Crippen MR) is 184 cm³/mol. The lowest BCUT2D eigenvalue weighted by atomic mass is 9.91. The summed E-state index contributed by atoms with van der Waals surface area (Å²) < 4.78 is 0. The fourth-order valence-corrected chi connectivity index (χ4v) is 8.75. The third-order valence-corrected chi connectivity index (χ3v) is 11.6. The summed E-state index contributed by atoms with van der Waals surface area (Å²) in [6, 6.07) is 4.35. The third kappa shape index (κ3) is 7.48. The van der Waals surface area contributed by atoms with Gasteiger partial charge in [0.15, 0.2) is 0 Å². The minimum atomic E-state index is -0.474. The van der Waals surface area contributed by atoms with Crippen LogP contribution in [-0.4, -0.2) is 114 Å². The summed E-state index contributed by atoms with van der Waals surface area (Å²) in [5.74, 6) is -0.418. The van der Waals surface area contributed by atoms with Crippen LogP contribution in [0.1, 0.15) is 55.2 Å². The molecule has 46 heavy (non-hydrogen) atoms. The molecule has 250 valence electrons. The van der Waals surface area contributed by atoms with Gasteiger partial charge >= 0.3 is 6.03 Å². The van der Waals surface area contributed by atoms with Crippen molar-refractivity contribution in [3.63, 3.8) is 0 Å². The molecule has 0 radical (unpaired) electrons. The molecule has 0 saturated carbocycles. The molecule has 1 atom stereocenters. The average Bonchev–Trinajstić information content (AvgIpc) is 3.40. The van der Waals surface area contributed by atoms with Gasteiger partial charge in [0.1, 0.15) is 0 Å². The quantitative estimate of drug-likeness (QED) is 0.421. The lowest BCUT2D eigenvalue weighted by molar-refractivity contribution is -0.143. The number of anilines is 2. The second-order valence-electron chi connectivity index (χ2n) is 13.6. The normalized spacial score (nSPS) is 21.5. The van der Waals surface area contributed by atoms with Crippen molar-refractivity contribution in [1.29, 1.82) is 0 Å². The molecule has 4 aliphatic rings. The largest absolute Gasteiger partial charge is 0.397 e. The standard InChI is InChI=1S/C34H48ClN7O3S/c1-23-16-24(18-29(35)32(23)36)17-25(33(44)41-12-4-27(5-13-41)39-9-3-8-38(2)14-15-39)19-31(43)40-10-6-28(7-11-40)42-20-26-21-46-22-30(26)37-34(42)45/h16,18,21-22,25,27-28H,3-15,17,19-20,36H2,1-2H3,(H,37,45)/t25-/m0/s1. The Balaban J connectivity index is 1.09. The average molecular weight is 670 g/mol. The summed E-state index contributed by atoms with van der Waals surface area (Å²) in [5, 5.41) is 7.54. The number of likely N-dealkylation sites (N-methyl/N-ethyl adjacent to an activating group) is 1. The maximum absolute atomic E-state index is 14.1. The molecule has 10 nitrogen and oxygen atoms in total. The number of piperidine rings is 2. The van der Waals surface area contributed by atoms with Crippen LogP contribution < -0.4 is 11.1 Å². The number of nitrogens with one attached hydrogen (secondary N) is 1. The number of likely N-dealkylation sites (tertiary alicyclic amines) is 2. The number of urea groups is 1. The zero-order valence-corrected chi connectivity index (χ0v) is 28.8. The number of rotatable bonds is 7. The fourth-order valence-electron chi connectivity index (χ4n) is 7.68. The van der Waals surface area contributed by atoms with Crippen LogP contribution in [0, 0.1) is 12.8 Å². The summed E-state index contributed by atoms with van der Waals surface area (Å²) in [6.07, 6.45) is 5.17. The number of nitrogen functional groups attached to an aromatic ring is 1. The number of benzene rings is 1. The van der Waals surface area contributed by atoms with Crippen molar-refractivity contribution in [2.45, 2.75) is 70.5 Å². The molecule has 3 fully saturated rings. The van der Waals surface area contributed by atoms with Crippen molar-refractivity contribution < 1.29 is 14.4 Å². The van der Waals surface area contributed by atoms with Gasteiger partial charge in [-0.15, -0.1) is 11.3 Å². The summed E-state index contributed by atoms with van der Waals surface area (Å²) in [5.41, 5.74) is 10.5. The molecule has 0 bridgehead atoms. The van der Waals surface area contributed by atoms with E-state index in [1.165, 1.54) is 6.42 Å². The summed E-state index contributed by atoms with van der Waals surface area (Å²) in [6.45, 7) is 9.54. The Morgan fingerprint density at radius 1 is 0.978 bits per heavy atom. The maximum Gasteiger partial charge on any atom is 0.322 e. The van der Waals surface area contributed by atoms with Gasteiger partial charge in [0.05, 0.1) is 28.9 Å². The van der Waals surface area contributed by atoms with Gasteiger partial charge in [-0.25, -0.2) is 4.79 Å². The van der Waals surface area contributed by atoms with E-state index in [-0.39, 0.29) is 30.3 Å². The Morgan fingerprint density at radius 3 is 2.43 bits per heavy atom. The number of hydrogen-bond donors (Lipinski definition) is 2. The van der Waals surface area contributed by atoms with E-state index in [9.17, 15) is 14.4 Å². The van der Waals surface area contributed by atoms with E-state index in [1.807, 2.05) is 39.1 Å². The first-order valence-corrected chi connectivity index (χ1v) is 18.1. The van der Waals surface area contributed by atoms with Crippen LogP contribution in [0.2, 0.25) is 5.02 Å². The minimum absolute atomic E-state index is 0.00172. The highest BCUT2D eigenvalue weighted by molar-refractivity contribution is 7.08. The third-order valence-electron chi connectivity index (χ3n) is 10.5. The highest BCUT2D eigenvalue weighted by atomic mass is 35.5. The van der Waals surface area contributed by atoms with Gasteiger partial charge in [-0.05, 0) is 88.2 Å². The molecular formula is C34H48ClN7O3S. The Kier molecular flexibility index (Phi) is 10.4. The Labute approximate surface area is 281 Å². The number of carbonyl (C=O) groups is 3. The van der Waals surface area contributed by atoms with Gasteiger partial charge in [0.2, 0.25) is 11.8 Å². The van der Waals surface area contributed by atoms with Crippen molar-refractivity contribution in [3.8, 4) is 0 Å². The van der Waals surface area contributed by atoms with Crippen LogP contribution in [0.4, 0.5) is 16.2 Å². The summed E-state index contributed by atoms with van der Waals surface area (Å²) >= 11 is 8.04. The molecule has 12 heteroatoms. The zero-order valence-electron chi connectivity index (χ0n) is 27.2. The van der Waals surface area contributed by atoms with Crippen LogP contribution in [0.15, 0.2) is 22.9 Å². The number of aryl methyl sites for hydroxylation is 1. The highest BCUT2D eigenvalue weighted by Crippen LogP contribution is 2.32. The smallest absolute Gasteiger partial charge is 0.322 e. The lowest BCUT2D eigenvalue weighted by Crippen LogP contribution is -2.52. The van der Waals surface area contributed by atoms with E-state index in [2.05, 4.69) is 27.5 Å². The van der Waals surface area contributed by atoms with E-state index < -0.39 is 5.92 Å².